The largest absolute Gasteiger partial charge is 0.504 e. The lowest BCUT2D eigenvalue weighted by atomic mass is 9.66. The minimum absolute atomic E-state index is 0.0254. The van der Waals surface area contributed by atoms with Crippen LogP contribution in [0.5, 0.6) is 5.75 Å². The molecule has 65 heavy (non-hydrogen) atoms. The highest BCUT2D eigenvalue weighted by molar-refractivity contribution is 6.33. The minimum Gasteiger partial charge on any atom is -0.504 e. The number of ether oxygens (including phenoxy) is 1. The van der Waals surface area contributed by atoms with Crippen LogP contribution in [0, 0.1) is 12.3 Å². The number of pyridine rings is 1. The third kappa shape index (κ3) is 8.48. The number of carbonyl (C=O) groups excluding carboxylic acids is 3. The first-order chi connectivity index (χ1) is 31.0. The zero-order chi connectivity index (χ0) is 46.4. The van der Waals surface area contributed by atoms with E-state index >= 15 is 0 Å². The van der Waals surface area contributed by atoms with Gasteiger partial charge in [-0.25, -0.2) is 15.0 Å². The summed E-state index contributed by atoms with van der Waals surface area (Å²) >= 11 is 6.21. The molecule has 4 aromatic heterocycles. The van der Waals surface area contributed by atoms with Gasteiger partial charge < -0.3 is 34.4 Å². The lowest BCUT2D eigenvalue weighted by Gasteiger charge is -2.45. The fourth-order valence-electron chi connectivity index (χ4n) is 9.19. The fourth-order valence-corrected chi connectivity index (χ4v) is 9.42. The lowest BCUT2D eigenvalue weighted by molar-refractivity contribution is -0.169. The highest BCUT2D eigenvalue weighted by atomic mass is 35.5. The predicted octanol–water partition coefficient (Wildman–Crippen LogP) is 5.29. The van der Waals surface area contributed by atoms with Crippen LogP contribution in [0.2, 0.25) is 5.02 Å². The van der Waals surface area contributed by atoms with E-state index in [9.17, 15) is 37.5 Å². The average molecular weight is 920 g/mol. The van der Waals surface area contributed by atoms with Crippen LogP contribution in [-0.2, 0) is 38.9 Å². The van der Waals surface area contributed by atoms with Crippen molar-refractivity contribution in [2.75, 3.05) is 62.7 Å². The van der Waals surface area contributed by atoms with Gasteiger partial charge in [-0.3, -0.25) is 19.2 Å². The molecule has 1 spiro atoms. The molecule has 17 nitrogen and oxygen atoms in total. The molecule has 3 fully saturated rings. The molecule has 1 aliphatic carbocycles. The zero-order valence-corrected chi connectivity index (χ0v) is 37.2. The number of fused-ring (bicyclic) bond motifs is 3. The van der Waals surface area contributed by atoms with E-state index in [1.165, 1.54) is 10.8 Å². The molecule has 0 atom stereocenters. The van der Waals surface area contributed by atoms with E-state index in [0.717, 1.165) is 18.2 Å². The van der Waals surface area contributed by atoms with Crippen LogP contribution in [0.4, 0.5) is 24.7 Å². The van der Waals surface area contributed by atoms with Gasteiger partial charge in [-0.05, 0) is 76.3 Å². The molecule has 0 unspecified atom stereocenters. The number of nitrogens with one attached hydrogen (secondary N) is 1. The van der Waals surface area contributed by atoms with Crippen molar-refractivity contribution in [1.29, 1.82) is 0 Å². The second-order valence-corrected chi connectivity index (χ2v) is 17.3. The Bertz CT molecular complexity index is 2710. The van der Waals surface area contributed by atoms with Crippen molar-refractivity contribution in [3.8, 4) is 17.1 Å². The second kappa shape index (κ2) is 17.7. The van der Waals surface area contributed by atoms with Crippen molar-refractivity contribution in [3.63, 3.8) is 0 Å². The third-order valence-electron chi connectivity index (χ3n) is 12.8. The summed E-state index contributed by atoms with van der Waals surface area (Å²) in [5.41, 5.74) is -0.893. The molecule has 0 saturated carbocycles. The molecule has 344 valence electrons. The summed E-state index contributed by atoms with van der Waals surface area (Å²) < 4.78 is 48.2. The molecular formula is C44H49ClF3N11O6. The first kappa shape index (κ1) is 45.4. The van der Waals surface area contributed by atoms with Gasteiger partial charge in [0.25, 0.3) is 11.5 Å². The number of piperidine rings is 1. The van der Waals surface area contributed by atoms with Gasteiger partial charge in [0.15, 0.2) is 17.3 Å². The van der Waals surface area contributed by atoms with Gasteiger partial charge in [0.1, 0.15) is 18.7 Å². The minimum atomic E-state index is -4.63. The number of hydrogen-bond acceptors (Lipinski definition) is 12. The summed E-state index contributed by atoms with van der Waals surface area (Å²) in [6.45, 7) is 10.7. The van der Waals surface area contributed by atoms with Crippen LogP contribution >= 0.6 is 11.6 Å². The Labute approximate surface area is 376 Å². The van der Waals surface area contributed by atoms with E-state index in [1.54, 1.807) is 28.7 Å². The van der Waals surface area contributed by atoms with E-state index in [2.05, 4.69) is 30.3 Å². The average Bonchev–Trinajstić information content (AvgIpc) is 3.75. The van der Waals surface area contributed by atoms with Gasteiger partial charge in [0.05, 0.1) is 40.6 Å². The molecule has 5 aromatic rings. The number of aromatic hydroxyl groups is 1. The number of aromatic nitrogens is 7. The monoisotopic (exact) mass is 919 g/mol. The summed E-state index contributed by atoms with van der Waals surface area (Å²) in [6, 6.07) is 6.27. The van der Waals surface area contributed by atoms with Crippen LogP contribution in [0.25, 0.3) is 17.2 Å². The predicted molar refractivity (Wildman–Crippen MR) is 233 cm³/mol. The summed E-state index contributed by atoms with van der Waals surface area (Å²) in [7, 11) is 0. The van der Waals surface area contributed by atoms with Gasteiger partial charge in [0.2, 0.25) is 17.6 Å². The number of aryl methyl sites for hydroxylation is 1. The molecule has 0 radical (unpaired) electrons. The van der Waals surface area contributed by atoms with Crippen LogP contribution < -0.4 is 15.8 Å². The summed E-state index contributed by atoms with van der Waals surface area (Å²) in [6.07, 6.45) is 0.670. The fraction of sp³-hybridized carbons (Fsp3) is 0.477. The van der Waals surface area contributed by atoms with Gasteiger partial charge in [-0.2, -0.15) is 22.7 Å². The van der Waals surface area contributed by atoms with Crippen LogP contribution in [0.1, 0.15) is 79.5 Å². The number of amides is 3. The maximum absolute atomic E-state index is 14.8. The van der Waals surface area contributed by atoms with Crippen LogP contribution in [0.15, 0.2) is 47.7 Å². The maximum atomic E-state index is 14.8. The molecule has 2 N–H and O–H groups in total. The molecular weight excluding hydrogens is 871 g/mol. The Kier molecular flexibility index (Phi) is 12.4. The summed E-state index contributed by atoms with van der Waals surface area (Å²) in [5, 5.41) is 17.5. The Morgan fingerprint density at radius 1 is 0.954 bits per heavy atom. The zero-order valence-electron chi connectivity index (χ0n) is 36.4. The number of nitrogens with zero attached hydrogens (tertiary/aromatic N) is 10. The third-order valence-corrected chi connectivity index (χ3v) is 13.1. The normalized spacial score (nSPS) is 17.8. The molecule has 9 rings (SSSR count). The number of rotatable bonds is 7. The smallest absolute Gasteiger partial charge is 0.416 e. The van der Waals surface area contributed by atoms with Crippen molar-refractivity contribution in [2.45, 2.75) is 77.9 Å². The van der Waals surface area contributed by atoms with Gasteiger partial charge >= 0.3 is 6.18 Å². The maximum Gasteiger partial charge on any atom is 0.416 e. The van der Waals surface area contributed by atoms with E-state index < -0.39 is 39.9 Å². The number of alkyl halides is 3. The van der Waals surface area contributed by atoms with E-state index in [4.69, 9.17) is 21.3 Å². The molecule has 4 aliphatic rings. The molecule has 21 heteroatoms. The lowest BCUT2D eigenvalue weighted by Crippen LogP contribution is -2.58. The Morgan fingerprint density at radius 3 is 2.31 bits per heavy atom. The van der Waals surface area contributed by atoms with Gasteiger partial charge in [-0.1, -0.05) is 25.4 Å². The molecule has 3 saturated heterocycles. The summed E-state index contributed by atoms with van der Waals surface area (Å²) in [4.78, 5) is 78.1. The van der Waals surface area contributed by atoms with Crippen LogP contribution in [-0.4, -0.2) is 119 Å². The number of halogens is 4. The number of hydrogen-bond donors (Lipinski definition) is 2. The first-order valence-corrected chi connectivity index (χ1v) is 22.0. The summed E-state index contributed by atoms with van der Waals surface area (Å²) in [5.74, 6) is -0.337. The molecule has 3 amide bonds. The van der Waals surface area contributed by atoms with Crippen molar-refractivity contribution in [1.82, 2.24) is 43.9 Å². The highest BCUT2D eigenvalue weighted by Crippen LogP contribution is 2.44. The van der Waals surface area contributed by atoms with Crippen molar-refractivity contribution in [2.24, 2.45) is 5.41 Å². The topological polar surface area (TPSA) is 193 Å². The van der Waals surface area contributed by atoms with E-state index in [0.29, 0.717) is 94.1 Å². The van der Waals surface area contributed by atoms with Crippen molar-refractivity contribution < 1.29 is 37.4 Å². The number of carbonyl (C=O) groups is 3. The Morgan fingerprint density at radius 2 is 1.68 bits per heavy atom. The van der Waals surface area contributed by atoms with Gasteiger partial charge in [-0.15, -0.1) is 5.10 Å². The number of likely N-dealkylation sites (tertiary alicyclic amines) is 1. The van der Waals surface area contributed by atoms with E-state index in [-0.39, 0.29) is 65.0 Å². The molecule has 3 aliphatic heterocycles. The van der Waals surface area contributed by atoms with Crippen molar-refractivity contribution >= 4 is 46.6 Å². The Hall–Kier alpha value is -6.15. The molecule has 1 aromatic carbocycles. The van der Waals surface area contributed by atoms with E-state index in [1.807, 2.05) is 31.7 Å². The quantitative estimate of drug-likeness (QED) is 0.215. The molecule has 0 bridgehead atoms. The first-order valence-electron chi connectivity index (χ1n) is 21.6. The van der Waals surface area contributed by atoms with Crippen LogP contribution in [0.3, 0.4) is 0 Å². The number of piperazine rings is 1. The molecule has 7 heterocycles. The Balaban J connectivity index is 0.00000284. The number of anilines is 2. The standard InChI is InChI=1S/C42H43ClF3N11O6.C2H6/c1-24-34(59)33(49-23-48-24)37(61)54-12-10-41(11-13-54)9-3-4-29-32(41)36(60)57-39(56(29)20-31(58)50-28-7-6-26(18-27(28)43)42(44,45)46)51-35(52-57)25-5-8-30(47-19-25)53-14-16-55(17-15-53)38(62)40(2)21-63-22-40;1-2/h5-8,18-19,23,59H,3-4,9-17,20-22H2,1-2H3,(H,50,58);1-2H3. The number of benzene rings is 1. The second-order valence-electron chi connectivity index (χ2n) is 16.9. The van der Waals surface area contributed by atoms with Gasteiger partial charge in [0, 0.05) is 67.7 Å². The SMILES string of the molecule is CC.Cc1ncnc(C(=O)N2CCC3(CCCc4c3c(=O)n3nc(-c5ccc(N6CCN(C(=O)C7(C)COC7)CC6)nc5)nc3n4CC(=O)Nc3ccc(C(F)(F)F)cc3Cl)CC2)c1O. The van der Waals surface area contributed by atoms with Crippen molar-refractivity contribution in [3.05, 3.63) is 86.4 Å². The highest BCUT2D eigenvalue weighted by Gasteiger charge is 2.46.